The molecule has 3 heterocycles. The summed E-state index contributed by atoms with van der Waals surface area (Å²) in [6, 6.07) is 4.77. The Bertz CT molecular complexity index is 575. The van der Waals surface area contributed by atoms with Crippen LogP contribution >= 0.6 is 11.6 Å². The number of hydrogen-bond acceptors (Lipinski definition) is 4. The summed E-state index contributed by atoms with van der Waals surface area (Å²) in [5, 5.41) is 10.3. The second-order valence-electron chi connectivity index (χ2n) is 8.04. The minimum absolute atomic E-state index is 0.0561. The fourth-order valence-electron chi connectivity index (χ4n) is 5.06. The Hall–Kier alpha value is -0.840. The molecule has 1 N–H and O–H groups in total. The molecule has 3 aliphatic rings. The first-order chi connectivity index (χ1) is 11.6. The summed E-state index contributed by atoms with van der Waals surface area (Å²) in [6.45, 7) is 4.71. The van der Waals surface area contributed by atoms with Crippen molar-refractivity contribution < 1.29 is 5.11 Å². The standard InChI is InChI=1S/C19H28ClN3O/c20-18-12-16(6-9-21-18)22-10-1-7-19(13-22)8-11-23(14-19)15-2-4-17(24)5-3-15/h6,9,12,15,17,24H,1-5,7-8,10-11,13-14H2/t15?,17?,19-/m0/s1. The normalized spacial score (nSPS) is 34.8. The number of aliphatic hydroxyl groups is 1. The van der Waals surface area contributed by atoms with E-state index in [4.69, 9.17) is 11.6 Å². The lowest BCUT2D eigenvalue weighted by Gasteiger charge is -2.42. The van der Waals surface area contributed by atoms with Gasteiger partial charge in [-0.1, -0.05) is 11.6 Å². The number of hydrogen-bond donors (Lipinski definition) is 1. The molecule has 0 unspecified atom stereocenters. The van der Waals surface area contributed by atoms with E-state index in [0.29, 0.717) is 16.6 Å². The maximum atomic E-state index is 9.75. The number of aliphatic hydroxyl groups excluding tert-OH is 1. The van der Waals surface area contributed by atoms with Crippen molar-refractivity contribution in [2.75, 3.05) is 31.1 Å². The summed E-state index contributed by atoms with van der Waals surface area (Å²) >= 11 is 6.09. The minimum atomic E-state index is -0.0561. The summed E-state index contributed by atoms with van der Waals surface area (Å²) in [4.78, 5) is 9.34. The van der Waals surface area contributed by atoms with Crippen molar-refractivity contribution in [3.05, 3.63) is 23.5 Å². The quantitative estimate of drug-likeness (QED) is 0.831. The maximum Gasteiger partial charge on any atom is 0.131 e. The monoisotopic (exact) mass is 349 g/mol. The predicted octanol–water partition coefficient (Wildman–Crippen LogP) is 3.33. The molecule has 4 nitrogen and oxygen atoms in total. The van der Waals surface area contributed by atoms with Crippen molar-refractivity contribution in [3.8, 4) is 0 Å². The molecule has 5 heteroatoms. The zero-order valence-corrected chi connectivity index (χ0v) is 15.1. The van der Waals surface area contributed by atoms with Crippen LogP contribution in [-0.2, 0) is 0 Å². The van der Waals surface area contributed by atoms with Gasteiger partial charge in [0.25, 0.3) is 0 Å². The van der Waals surface area contributed by atoms with E-state index in [1.165, 1.54) is 50.9 Å². The van der Waals surface area contributed by atoms with Crippen molar-refractivity contribution in [1.29, 1.82) is 0 Å². The van der Waals surface area contributed by atoms with Crippen LogP contribution in [-0.4, -0.2) is 53.3 Å². The first-order valence-corrected chi connectivity index (χ1v) is 9.80. The highest BCUT2D eigenvalue weighted by Crippen LogP contribution is 2.42. The van der Waals surface area contributed by atoms with E-state index < -0.39 is 0 Å². The van der Waals surface area contributed by atoms with E-state index in [-0.39, 0.29) is 6.10 Å². The number of halogens is 1. The molecule has 1 aliphatic carbocycles. The lowest BCUT2D eigenvalue weighted by Crippen LogP contribution is -2.46. The Labute approximate surface area is 149 Å². The molecular weight excluding hydrogens is 322 g/mol. The van der Waals surface area contributed by atoms with Gasteiger partial charge in [-0.15, -0.1) is 0 Å². The molecule has 0 radical (unpaired) electrons. The Balaban J connectivity index is 1.42. The van der Waals surface area contributed by atoms with Crippen LogP contribution in [0.2, 0.25) is 5.15 Å². The third-order valence-electron chi connectivity index (χ3n) is 6.39. The number of anilines is 1. The fraction of sp³-hybridized carbons (Fsp3) is 0.737. The third kappa shape index (κ3) is 3.42. The minimum Gasteiger partial charge on any atom is -0.393 e. The molecule has 1 aromatic heterocycles. The third-order valence-corrected chi connectivity index (χ3v) is 6.59. The van der Waals surface area contributed by atoms with Crippen LogP contribution in [0.15, 0.2) is 18.3 Å². The van der Waals surface area contributed by atoms with Gasteiger partial charge in [0.15, 0.2) is 0 Å². The van der Waals surface area contributed by atoms with Crippen LogP contribution in [0.25, 0.3) is 0 Å². The Kier molecular flexibility index (Phi) is 4.72. The highest BCUT2D eigenvalue weighted by molar-refractivity contribution is 6.29. The molecule has 1 spiro atoms. The maximum absolute atomic E-state index is 9.75. The van der Waals surface area contributed by atoms with Crippen LogP contribution in [0.5, 0.6) is 0 Å². The van der Waals surface area contributed by atoms with Gasteiger partial charge in [0.1, 0.15) is 5.15 Å². The number of pyridine rings is 1. The van der Waals surface area contributed by atoms with Crippen LogP contribution in [0.4, 0.5) is 5.69 Å². The molecule has 24 heavy (non-hydrogen) atoms. The molecule has 0 bridgehead atoms. The largest absolute Gasteiger partial charge is 0.393 e. The average Bonchev–Trinajstić information content (AvgIpc) is 2.99. The average molecular weight is 350 g/mol. The fourth-order valence-corrected chi connectivity index (χ4v) is 5.22. The first-order valence-electron chi connectivity index (χ1n) is 9.42. The van der Waals surface area contributed by atoms with E-state index in [1.54, 1.807) is 0 Å². The van der Waals surface area contributed by atoms with E-state index in [0.717, 1.165) is 25.9 Å². The van der Waals surface area contributed by atoms with E-state index >= 15 is 0 Å². The van der Waals surface area contributed by atoms with Crippen molar-refractivity contribution in [3.63, 3.8) is 0 Å². The van der Waals surface area contributed by atoms with Gasteiger partial charge in [-0.3, -0.25) is 4.90 Å². The molecule has 0 aromatic carbocycles. The Morgan fingerprint density at radius 1 is 1.12 bits per heavy atom. The highest BCUT2D eigenvalue weighted by Gasteiger charge is 2.43. The van der Waals surface area contributed by atoms with Gasteiger partial charge in [-0.25, -0.2) is 4.98 Å². The van der Waals surface area contributed by atoms with E-state index in [1.807, 2.05) is 12.3 Å². The lowest BCUT2D eigenvalue weighted by atomic mass is 9.79. The second-order valence-corrected chi connectivity index (χ2v) is 8.43. The molecule has 0 amide bonds. The van der Waals surface area contributed by atoms with Gasteiger partial charge in [0, 0.05) is 43.0 Å². The smallest absolute Gasteiger partial charge is 0.131 e. The molecule has 1 saturated carbocycles. The van der Waals surface area contributed by atoms with Gasteiger partial charge in [-0.05, 0) is 63.6 Å². The summed E-state index contributed by atoms with van der Waals surface area (Å²) in [6.07, 6.45) is 9.97. The molecule has 2 aliphatic heterocycles. The SMILES string of the molecule is OC1CCC(N2CC[C@]3(CCCN(c4ccnc(Cl)c4)C3)C2)CC1. The van der Waals surface area contributed by atoms with Gasteiger partial charge >= 0.3 is 0 Å². The number of piperidine rings is 1. The van der Waals surface area contributed by atoms with Crippen molar-refractivity contribution in [2.24, 2.45) is 5.41 Å². The molecule has 132 valence electrons. The molecular formula is C19H28ClN3O. The van der Waals surface area contributed by atoms with E-state index in [2.05, 4.69) is 20.9 Å². The second kappa shape index (κ2) is 6.81. The van der Waals surface area contributed by atoms with Gasteiger partial charge in [-0.2, -0.15) is 0 Å². The van der Waals surface area contributed by atoms with Crippen LogP contribution < -0.4 is 4.90 Å². The molecule has 2 saturated heterocycles. The molecule has 4 rings (SSSR count). The Morgan fingerprint density at radius 2 is 1.96 bits per heavy atom. The number of likely N-dealkylation sites (tertiary alicyclic amines) is 1. The number of rotatable bonds is 2. The number of nitrogens with zero attached hydrogens (tertiary/aromatic N) is 3. The highest BCUT2D eigenvalue weighted by atomic mass is 35.5. The summed E-state index contributed by atoms with van der Waals surface area (Å²) in [7, 11) is 0. The number of aromatic nitrogens is 1. The first kappa shape index (κ1) is 16.6. The Morgan fingerprint density at radius 3 is 2.75 bits per heavy atom. The van der Waals surface area contributed by atoms with Gasteiger partial charge in [0.05, 0.1) is 6.10 Å². The zero-order valence-electron chi connectivity index (χ0n) is 14.3. The zero-order chi connectivity index (χ0) is 16.6. The summed E-state index contributed by atoms with van der Waals surface area (Å²) in [5.74, 6) is 0. The van der Waals surface area contributed by atoms with Gasteiger partial charge < -0.3 is 10.0 Å². The summed E-state index contributed by atoms with van der Waals surface area (Å²) < 4.78 is 0. The van der Waals surface area contributed by atoms with Crippen molar-refractivity contribution in [2.45, 2.75) is 57.1 Å². The van der Waals surface area contributed by atoms with Crippen LogP contribution in [0.3, 0.4) is 0 Å². The predicted molar refractivity (Wildman–Crippen MR) is 97.6 cm³/mol. The lowest BCUT2D eigenvalue weighted by molar-refractivity contribution is 0.0770. The van der Waals surface area contributed by atoms with E-state index in [9.17, 15) is 5.11 Å². The summed E-state index contributed by atoms with van der Waals surface area (Å²) in [5.41, 5.74) is 1.65. The topological polar surface area (TPSA) is 39.6 Å². The molecule has 1 aromatic rings. The van der Waals surface area contributed by atoms with Crippen molar-refractivity contribution in [1.82, 2.24) is 9.88 Å². The molecule has 1 atom stereocenters. The molecule has 3 fully saturated rings. The van der Waals surface area contributed by atoms with Crippen LogP contribution in [0, 0.1) is 5.41 Å². The van der Waals surface area contributed by atoms with Crippen LogP contribution in [0.1, 0.15) is 44.9 Å². The van der Waals surface area contributed by atoms with Gasteiger partial charge in [0.2, 0.25) is 0 Å². The van der Waals surface area contributed by atoms with Crippen molar-refractivity contribution >= 4 is 17.3 Å².